The van der Waals surface area contributed by atoms with Gasteiger partial charge in [0, 0.05) is 12.1 Å². The molecule has 2 atom stereocenters. The maximum absolute atomic E-state index is 6.05. The number of anilines is 1. The fourth-order valence-corrected chi connectivity index (χ4v) is 3.81. The number of hydrogen-bond donors (Lipinski definition) is 2. The van der Waals surface area contributed by atoms with E-state index in [4.69, 9.17) is 5.73 Å². The van der Waals surface area contributed by atoms with Gasteiger partial charge in [-0.15, -0.1) is 0 Å². The summed E-state index contributed by atoms with van der Waals surface area (Å²) in [4.78, 5) is 4.43. The minimum atomic E-state index is 0.581. The first-order chi connectivity index (χ1) is 9.36. The van der Waals surface area contributed by atoms with Gasteiger partial charge in [0.25, 0.3) is 0 Å². The van der Waals surface area contributed by atoms with E-state index in [1.54, 1.807) is 0 Å². The SMILES string of the molecule is Nc1n[nH]c(C2C3CCCCC32)c1-c1ccccn1. The minimum absolute atomic E-state index is 0.581. The van der Waals surface area contributed by atoms with Gasteiger partial charge in [0.05, 0.1) is 17.0 Å². The van der Waals surface area contributed by atoms with E-state index in [0.29, 0.717) is 11.7 Å². The van der Waals surface area contributed by atoms with Crippen molar-refractivity contribution >= 4 is 5.82 Å². The molecule has 0 radical (unpaired) electrons. The topological polar surface area (TPSA) is 67.6 Å². The number of hydrogen-bond acceptors (Lipinski definition) is 3. The highest BCUT2D eigenvalue weighted by Gasteiger charge is 2.53. The number of nitrogens with two attached hydrogens (primary N) is 1. The van der Waals surface area contributed by atoms with Crippen molar-refractivity contribution in [2.24, 2.45) is 11.8 Å². The van der Waals surface area contributed by atoms with Gasteiger partial charge in [0.15, 0.2) is 5.82 Å². The van der Waals surface area contributed by atoms with Gasteiger partial charge in [-0.25, -0.2) is 0 Å². The van der Waals surface area contributed by atoms with Crippen LogP contribution in [-0.4, -0.2) is 15.2 Å². The lowest BCUT2D eigenvalue weighted by molar-refractivity contribution is 0.480. The molecule has 2 fully saturated rings. The lowest BCUT2D eigenvalue weighted by Gasteiger charge is -2.04. The number of nitrogens with one attached hydrogen (secondary N) is 1. The molecule has 4 rings (SSSR count). The Morgan fingerprint density at radius 1 is 1.16 bits per heavy atom. The number of aromatic nitrogens is 3. The zero-order valence-electron chi connectivity index (χ0n) is 10.8. The number of rotatable bonds is 2. The van der Waals surface area contributed by atoms with Gasteiger partial charge in [0.2, 0.25) is 0 Å². The van der Waals surface area contributed by atoms with E-state index in [0.717, 1.165) is 23.1 Å². The average molecular weight is 254 g/mol. The molecular weight excluding hydrogens is 236 g/mol. The van der Waals surface area contributed by atoms with Crippen LogP contribution in [0.5, 0.6) is 0 Å². The van der Waals surface area contributed by atoms with Crippen molar-refractivity contribution < 1.29 is 0 Å². The fourth-order valence-electron chi connectivity index (χ4n) is 3.81. The van der Waals surface area contributed by atoms with E-state index in [9.17, 15) is 0 Å². The number of H-pyrrole nitrogens is 1. The second-order valence-corrected chi connectivity index (χ2v) is 5.75. The molecule has 2 aliphatic rings. The molecule has 0 aliphatic heterocycles. The Balaban J connectivity index is 1.75. The average Bonchev–Trinajstić information content (AvgIpc) is 3.07. The van der Waals surface area contributed by atoms with Gasteiger partial charge in [-0.2, -0.15) is 5.10 Å². The standard InChI is InChI=1S/C15H18N4/c16-15-13(11-7-3-4-8-17-11)14(18-19-15)12-9-5-1-2-6-10(9)12/h3-4,7-10,12H,1-2,5-6H2,(H3,16,18,19). The van der Waals surface area contributed by atoms with Crippen LogP contribution >= 0.6 is 0 Å². The number of fused-ring (bicyclic) bond motifs is 1. The summed E-state index contributed by atoms with van der Waals surface area (Å²) in [7, 11) is 0. The van der Waals surface area contributed by atoms with Crippen LogP contribution in [0, 0.1) is 11.8 Å². The molecule has 0 bridgehead atoms. The van der Waals surface area contributed by atoms with Gasteiger partial charge in [0.1, 0.15) is 0 Å². The molecule has 2 heterocycles. The second-order valence-electron chi connectivity index (χ2n) is 5.75. The molecule has 2 aliphatic carbocycles. The number of pyridine rings is 1. The molecule has 0 spiro atoms. The van der Waals surface area contributed by atoms with E-state index < -0.39 is 0 Å². The molecule has 0 aromatic carbocycles. The molecule has 2 aromatic rings. The van der Waals surface area contributed by atoms with E-state index in [1.807, 2.05) is 24.4 Å². The predicted molar refractivity (Wildman–Crippen MR) is 74.4 cm³/mol. The maximum Gasteiger partial charge on any atom is 0.154 e. The lowest BCUT2D eigenvalue weighted by atomic mass is 10.0. The van der Waals surface area contributed by atoms with Crippen LogP contribution in [0.4, 0.5) is 5.82 Å². The smallest absolute Gasteiger partial charge is 0.154 e. The first-order valence-electron chi connectivity index (χ1n) is 7.11. The van der Waals surface area contributed by atoms with Crippen LogP contribution in [0.15, 0.2) is 24.4 Å². The molecule has 2 aromatic heterocycles. The summed E-state index contributed by atoms with van der Waals surface area (Å²) in [6, 6.07) is 5.94. The molecule has 2 saturated carbocycles. The van der Waals surface area contributed by atoms with E-state index >= 15 is 0 Å². The van der Waals surface area contributed by atoms with Gasteiger partial charge in [-0.3, -0.25) is 10.1 Å². The van der Waals surface area contributed by atoms with Crippen LogP contribution in [0.3, 0.4) is 0 Å². The van der Waals surface area contributed by atoms with Crippen LogP contribution in [0.1, 0.15) is 37.3 Å². The molecule has 3 N–H and O–H groups in total. The third kappa shape index (κ3) is 1.66. The molecule has 2 unspecified atom stereocenters. The first kappa shape index (κ1) is 11.0. The Hall–Kier alpha value is -1.84. The van der Waals surface area contributed by atoms with Crippen LogP contribution in [0.2, 0.25) is 0 Å². The highest BCUT2D eigenvalue weighted by atomic mass is 15.2. The Labute approximate surface area is 112 Å². The summed E-state index contributed by atoms with van der Waals surface area (Å²) in [6.45, 7) is 0. The number of nitrogen functional groups attached to an aromatic ring is 1. The van der Waals surface area contributed by atoms with Crippen molar-refractivity contribution in [3.05, 3.63) is 30.1 Å². The third-order valence-electron chi connectivity index (χ3n) is 4.73. The summed E-state index contributed by atoms with van der Waals surface area (Å²) in [6.07, 6.45) is 7.28. The summed E-state index contributed by atoms with van der Waals surface area (Å²) in [5.41, 5.74) is 9.23. The summed E-state index contributed by atoms with van der Waals surface area (Å²) >= 11 is 0. The molecule has 19 heavy (non-hydrogen) atoms. The monoisotopic (exact) mass is 254 g/mol. The molecular formula is C15H18N4. The highest BCUT2D eigenvalue weighted by molar-refractivity contribution is 5.74. The Bertz CT molecular complexity index is 577. The fraction of sp³-hybridized carbons (Fsp3) is 0.467. The molecule has 0 saturated heterocycles. The third-order valence-corrected chi connectivity index (χ3v) is 4.73. The molecule has 0 amide bonds. The lowest BCUT2D eigenvalue weighted by Crippen LogP contribution is -1.93. The van der Waals surface area contributed by atoms with Crippen molar-refractivity contribution in [3.63, 3.8) is 0 Å². The maximum atomic E-state index is 6.05. The van der Waals surface area contributed by atoms with Gasteiger partial charge in [-0.1, -0.05) is 18.9 Å². The predicted octanol–water partition coefficient (Wildman–Crippen LogP) is 2.96. The highest BCUT2D eigenvalue weighted by Crippen LogP contribution is 2.62. The molecule has 4 heteroatoms. The zero-order chi connectivity index (χ0) is 12.8. The van der Waals surface area contributed by atoms with Crippen molar-refractivity contribution in [1.29, 1.82) is 0 Å². The van der Waals surface area contributed by atoms with Gasteiger partial charge >= 0.3 is 0 Å². The van der Waals surface area contributed by atoms with E-state index in [2.05, 4.69) is 15.2 Å². The summed E-state index contributed by atoms with van der Waals surface area (Å²) < 4.78 is 0. The van der Waals surface area contributed by atoms with Crippen molar-refractivity contribution in [1.82, 2.24) is 15.2 Å². The van der Waals surface area contributed by atoms with Crippen LogP contribution in [0.25, 0.3) is 11.3 Å². The Kier molecular flexibility index (Phi) is 2.37. The zero-order valence-corrected chi connectivity index (χ0v) is 10.8. The van der Waals surface area contributed by atoms with E-state index in [1.165, 1.54) is 31.4 Å². The normalized spacial score (nSPS) is 28.9. The summed E-state index contributed by atoms with van der Waals surface area (Å²) in [5, 5.41) is 7.40. The Morgan fingerprint density at radius 2 is 1.95 bits per heavy atom. The Morgan fingerprint density at radius 3 is 2.63 bits per heavy atom. The van der Waals surface area contributed by atoms with Gasteiger partial charge < -0.3 is 5.73 Å². The van der Waals surface area contributed by atoms with Crippen molar-refractivity contribution in [2.45, 2.75) is 31.6 Å². The van der Waals surface area contributed by atoms with Crippen molar-refractivity contribution in [3.8, 4) is 11.3 Å². The van der Waals surface area contributed by atoms with Crippen LogP contribution in [-0.2, 0) is 0 Å². The molecule has 4 nitrogen and oxygen atoms in total. The van der Waals surface area contributed by atoms with Crippen molar-refractivity contribution in [2.75, 3.05) is 5.73 Å². The largest absolute Gasteiger partial charge is 0.382 e. The first-order valence-corrected chi connectivity index (χ1v) is 7.11. The van der Waals surface area contributed by atoms with E-state index in [-0.39, 0.29) is 0 Å². The quantitative estimate of drug-likeness (QED) is 0.865. The van der Waals surface area contributed by atoms with Gasteiger partial charge in [-0.05, 0) is 36.8 Å². The minimum Gasteiger partial charge on any atom is -0.382 e. The number of nitrogens with zero attached hydrogens (tertiary/aromatic N) is 2. The molecule has 98 valence electrons. The van der Waals surface area contributed by atoms with Crippen LogP contribution < -0.4 is 5.73 Å². The number of aromatic amines is 1. The second kappa shape index (κ2) is 4.08. The summed E-state index contributed by atoms with van der Waals surface area (Å²) in [5.74, 6) is 2.90.